The SMILES string of the molecule is CC(C)(C)OC(=O)N1CCc2ccccc2C1C[N+](=O)[O-]. The standard InChI is InChI=1S/C15H20N2O4/c1-15(2,3)21-14(18)16-9-8-11-6-4-5-7-12(11)13(16)10-17(19)20/h4-7,13H,8-10H2,1-3H3. The maximum absolute atomic E-state index is 12.3. The summed E-state index contributed by atoms with van der Waals surface area (Å²) in [6, 6.07) is 6.98. The van der Waals surface area contributed by atoms with Gasteiger partial charge in [-0.05, 0) is 38.3 Å². The number of carbonyl (C=O) groups excluding carboxylic acids is 1. The molecule has 6 heteroatoms. The number of ether oxygens (including phenoxy) is 1. The summed E-state index contributed by atoms with van der Waals surface area (Å²) < 4.78 is 5.37. The van der Waals surface area contributed by atoms with Crippen LogP contribution in [0.4, 0.5) is 4.79 Å². The Kier molecular flexibility index (Phi) is 4.16. The number of rotatable bonds is 2. The second-order valence-electron chi connectivity index (χ2n) is 6.15. The molecule has 1 amide bonds. The summed E-state index contributed by atoms with van der Waals surface area (Å²) in [5.41, 5.74) is 1.28. The zero-order chi connectivity index (χ0) is 15.6. The van der Waals surface area contributed by atoms with Crippen molar-refractivity contribution in [3.63, 3.8) is 0 Å². The summed E-state index contributed by atoms with van der Waals surface area (Å²) in [5.74, 6) is 0. The van der Waals surface area contributed by atoms with E-state index in [0.717, 1.165) is 11.1 Å². The fraction of sp³-hybridized carbons (Fsp3) is 0.533. The van der Waals surface area contributed by atoms with Gasteiger partial charge >= 0.3 is 6.09 Å². The Bertz CT molecular complexity index is 551. The zero-order valence-corrected chi connectivity index (χ0v) is 12.5. The maximum Gasteiger partial charge on any atom is 0.411 e. The second-order valence-corrected chi connectivity index (χ2v) is 6.15. The van der Waals surface area contributed by atoms with Crippen LogP contribution in [0.5, 0.6) is 0 Å². The number of fused-ring (bicyclic) bond motifs is 1. The molecular formula is C15H20N2O4. The lowest BCUT2D eigenvalue weighted by molar-refractivity contribution is -0.487. The van der Waals surface area contributed by atoms with Gasteiger partial charge in [-0.1, -0.05) is 24.3 Å². The minimum atomic E-state index is -0.618. The highest BCUT2D eigenvalue weighted by Gasteiger charge is 2.36. The Hall–Kier alpha value is -2.11. The van der Waals surface area contributed by atoms with E-state index in [1.54, 1.807) is 20.8 Å². The van der Waals surface area contributed by atoms with Crippen LogP contribution in [0.25, 0.3) is 0 Å². The lowest BCUT2D eigenvalue weighted by atomic mass is 9.93. The topological polar surface area (TPSA) is 72.7 Å². The Labute approximate surface area is 123 Å². The van der Waals surface area contributed by atoms with Gasteiger partial charge in [-0.3, -0.25) is 15.0 Å². The molecule has 0 aromatic heterocycles. The Morgan fingerprint density at radius 1 is 1.43 bits per heavy atom. The number of hydrogen-bond donors (Lipinski definition) is 0. The van der Waals surface area contributed by atoms with E-state index >= 15 is 0 Å². The van der Waals surface area contributed by atoms with Crippen molar-refractivity contribution in [2.45, 2.75) is 38.8 Å². The van der Waals surface area contributed by atoms with Crippen LogP contribution in [0.1, 0.15) is 37.9 Å². The van der Waals surface area contributed by atoms with E-state index in [1.165, 1.54) is 4.90 Å². The molecule has 0 spiro atoms. The molecule has 1 atom stereocenters. The first-order valence-corrected chi connectivity index (χ1v) is 6.97. The van der Waals surface area contributed by atoms with E-state index in [9.17, 15) is 14.9 Å². The van der Waals surface area contributed by atoms with Crippen molar-refractivity contribution in [2.75, 3.05) is 13.1 Å². The lowest BCUT2D eigenvalue weighted by Gasteiger charge is -2.36. The van der Waals surface area contributed by atoms with Crippen molar-refractivity contribution < 1.29 is 14.5 Å². The molecule has 1 aromatic rings. The molecule has 1 heterocycles. The lowest BCUT2D eigenvalue weighted by Crippen LogP contribution is -2.45. The summed E-state index contributed by atoms with van der Waals surface area (Å²) in [6.45, 7) is 5.47. The summed E-state index contributed by atoms with van der Waals surface area (Å²) in [4.78, 5) is 24.3. The summed E-state index contributed by atoms with van der Waals surface area (Å²) in [5, 5.41) is 11.0. The fourth-order valence-corrected chi connectivity index (χ4v) is 2.53. The van der Waals surface area contributed by atoms with Crippen molar-refractivity contribution in [2.24, 2.45) is 0 Å². The van der Waals surface area contributed by atoms with Crippen LogP contribution in [0.15, 0.2) is 24.3 Å². The third-order valence-corrected chi connectivity index (χ3v) is 3.36. The normalized spacial score (nSPS) is 18.0. The van der Waals surface area contributed by atoms with Crippen LogP contribution in [0.2, 0.25) is 0 Å². The number of hydrogen-bond acceptors (Lipinski definition) is 4. The highest BCUT2D eigenvalue weighted by Crippen LogP contribution is 2.31. The number of amides is 1. The highest BCUT2D eigenvalue weighted by atomic mass is 16.6. The second kappa shape index (κ2) is 5.71. The number of nitro groups is 1. The Morgan fingerprint density at radius 3 is 2.71 bits per heavy atom. The van der Waals surface area contributed by atoms with Crippen LogP contribution in [-0.4, -0.2) is 34.6 Å². The molecule has 2 rings (SSSR count). The van der Waals surface area contributed by atoms with Gasteiger partial charge in [-0.15, -0.1) is 0 Å². The molecule has 0 saturated carbocycles. The third kappa shape index (κ3) is 3.71. The van der Waals surface area contributed by atoms with E-state index in [1.807, 2.05) is 24.3 Å². The Morgan fingerprint density at radius 2 is 2.10 bits per heavy atom. The molecule has 0 fully saturated rings. The summed E-state index contributed by atoms with van der Waals surface area (Å²) >= 11 is 0. The van der Waals surface area contributed by atoms with E-state index < -0.39 is 17.7 Å². The minimum absolute atomic E-state index is 0.309. The molecule has 0 N–H and O–H groups in total. The van der Waals surface area contributed by atoms with Gasteiger partial charge in [0, 0.05) is 11.5 Å². The third-order valence-electron chi connectivity index (χ3n) is 3.36. The van der Waals surface area contributed by atoms with Gasteiger partial charge in [0.05, 0.1) is 0 Å². The smallest absolute Gasteiger partial charge is 0.411 e. The predicted octanol–water partition coefficient (Wildman–Crippen LogP) is 2.80. The first kappa shape index (κ1) is 15.3. The average molecular weight is 292 g/mol. The van der Waals surface area contributed by atoms with Gasteiger partial charge in [0.2, 0.25) is 6.54 Å². The van der Waals surface area contributed by atoms with E-state index in [-0.39, 0.29) is 11.5 Å². The van der Waals surface area contributed by atoms with Crippen LogP contribution in [0.3, 0.4) is 0 Å². The van der Waals surface area contributed by atoms with E-state index in [2.05, 4.69) is 0 Å². The van der Waals surface area contributed by atoms with Crippen molar-refractivity contribution in [1.82, 2.24) is 4.90 Å². The first-order valence-electron chi connectivity index (χ1n) is 6.97. The molecule has 21 heavy (non-hydrogen) atoms. The number of carbonyl (C=O) groups is 1. The first-order chi connectivity index (χ1) is 9.78. The van der Waals surface area contributed by atoms with Crippen molar-refractivity contribution >= 4 is 6.09 Å². The molecule has 1 aliphatic heterocycles. The molecule has 0 radical (unpaired) electrons. The molecular weight excluding hydrogens is 272 g/mol. The van der Waals surface area contributed by atoms with Crippen LogP contribution in [-0.2, 0) is 11.2 Å². The molecule has 114 valence electrons. The number of nitrogens with zero attached hydrogens (tertiary/aromatic N) is 2. The van der Waals surface area contributed by atoms with Crippen LogP contribution < -0.4 is 0 Å². The summed E-state index contributed by atoms with van der Waals surface area (Å²) in [7, 11) is 0. The van der Waals surface area contributed by atoms with Crippen molar-refractivity contribution in [3.8, 4) is 0 Å². The van der Waals surface area contributed by atoms with E-state index in [0.29, 0.717) is 13.0 Å². The fourth-order valence-electron chi connectivity index (χ4n) is 2.53. The zero-order valence-electron chi connectivity index (χ0n) is 12.5. The quantitative estimate of drug-likeness (QED) is 0.620. The van der Waals surface area contributed by atoms with Gasteiger partial charge in [0.15, 0.2) is 0 Å². The largest absolute Gasteiger partial charge is 0.444 e. The van der Waals surface area contributed by atoms with Gasteiger partial charge in [0.25, 0.3) is 0 Å². The highest BCUT2D eigenvalue weighted by molar-refractivity contribution is 5.69. The molecule has 1 unspecified atom stereocenters. The van der Waals surface area contributed by atoms with E-state index in [4.69, 9.17) is 4.74 Å². The molecule has 6 nitrogen and oxygen atoms in total. The van der Waals surface area contributed by atoms with Crippen molar-refractivity contribution in [1.29, 1.82) is 0 Å². The van der Waals surface area contributed by atoms with Crippen molar-refractivity contribution in [3.05, 3.63) is 45.5 Å². The predicted molar refractivity (Wildman–Crippen MR) is 77.7 cm³/mol. The van der Waals surface area contributed by atoms with Gasteiger partial charge in [0.1, 0.15) is 11.6 Å². The Balaban J connectivity index is 2.29. The molecule has 1 aromatic carbocycles. The monoisotopic (exact) mass is 292 g/mol. The van der Waals surface area contributed by atoms with Crippen LogP contribution >= 0.6 is 0 Å². The number of benzene rings is 1. The molecule has 1 aliphatic rings. The average Bonchev–Trinajstić information content (AvgIpc) is 2.36. The summed E-state index contributed by atoms with van der Waals surface area (Å²) in [6.07, 6.45) is 0.188. The molecule has 0 saturated heterocycles. The van der Waals surface area contributed by atoms with Gasteiger partial charge < -0.3 is 4.74 Å². The maximum atomic E-state index is 12.3. The minimum Gasteiger partial charge on any atom is -0.444 e. The molecule has 0 aliphatic carbocycles. The molecule has 0 bridgehead atoms. The van der Waals surface area contributed by atoms with Gasteiger partial charge in [-0.25, -0.2) is 4.79 Å². The van der Waals surface area contributed by atoms with Crippen LogP contribution in [0, 0.1) is 10.1 Å². The van der Waals surface area contributed by atoms with Gasteiger partial charge in [-0.2, -0.15) is 0 Å².